The fraction of sp³-hybridized carbons (Fsp3) is 0. The molecule has 4 heteroatoms. The van der Waals surface area contributed by atoms with Crippen molar-refractivity contribution in [3.63, 3.8) is 0 Å². The van der Waals surface area contributed by atoms with Gasteiger partial charge in [-0.1, -0.05) is 18.2 Å². The molecule has 0 atom stereocenters. The Labute approximate surface area is 107 Å². The molecule has 0 spiro atoms. The zero-order valence-electron chi connectivity index (χ0n) is 9.79. The van der Waals surface area contributed by atoms with Crippen molar-refractivity contribution >= 4 is 27.2 Å². The van der Waals surface area contributed by atoms with Crippen LogP contribution in [0.2, 0.25) is 0 Å². The smallest absolute Gasteiger partial charge is 0.255 e. The van der Waals surface area contributed by atoms with Gasteiger partial charge >= 0.3 is 0 Å². The van der Waals surface area contributed by atoms with Crippen LogP contribution in [0.1, 0.15) is 0 Å². The summed E-state index contributed by atoms with van der Waals surface area (Å²) >= 11 is 0. The molecule has 0 radical (unpaired) electrons. The van der Waals surface area contributed by atoms with Crippen molar-refractivity contribution in [2.75, 3.05) is 0 Å². The number of phenols is 2. The molecule has 0 unspecified atom stereocenters. The number of benzene rings is 2. The second-order valence-corrected chi connectivity index (χ2v) is 4.61. The van der Waals surface area contributed by atoms with Crippen LogP contribution in [0, 0.1) is 0 Å². The number of phenolic OH excluding ortho intramolecular Hbond substituents is 2. The lowest BCUT2D eigenvalue weighted by molar-refractivity contribution is 0.405. The molecule has 4 nitrogen and oxygen atoms in total. The minimum absolute atomic E-state index is 0.149. The summed E-state index contributed by atoms with van der Waals surface area (Å²) < 4.78 is 1.57. The Bertz CT molecular complexity index is 1000. The maximum atomic E-state index is 12.1. The molecule has 0 aliphatic carbocycles. The van der Waals surface area contributed by atoms with Crippen LogP contribution in [0.4, 0.5) is 0 Å². The van der Waals surface area contributed by atoms with E-state index in [1.54, 1.807) is 10.5 Å². The largest absolute Gasteiger partial charge is 0.504 e. The summed E-state index contributed by atoms with van der Waals surface area (Å²) in [6.07, 6.45) is 0. The first kappa shape index (κ1) is 10.2. The third-order valence-electron chi connectivity index (χ3n) is 3.54. The fourth-order valence-electron chi connectivity index (χ4n) is 2.71. The van der Waals surface area contributed by atoms with E-state index >= 15 is 0 Å². The summed E-state index contributed by atoms with van der Waals surface area (Å²) in [6, 6.07) is 11.9. The average molecular weight is 251 g/mol. The molecule has 2 N–H and O–H groups in total. The number of rotatable bonds is 0. The summed E-state index contributed by atoms with van der Waals surface area (Å²) in [7, 11) is 0. The van der Waals surface area contributed by atoms with Gasteiger partial charge in [0.1, 0.15) is 0 Å². The Morgan fingerprint density at radius 3 is 2.53 bits per heavy atom. The molecule has 2 heterocycles. The van der Waals surface area contributed by atoms with Crippen LogP contribution in [0.3, 0.4) is 0 Å². The highest BCUT2D eigenvalue weighted by Gasteiger charge is 2.14. The second kappa shape index (κ2) is 3.17. The molecule has 0 aliphatic rings. The highest BCUT2D eigenvalue weighted by Crippen LogP contribution is 2.36. The van der Waals surface area contributed by atoms with Crippen LogP contribution in [0.5, 0.6) is 11.5 Å². The third kappa shape index (κ3) is 1.15. The average Bonchev–Trinajstić information content (AvgIpc) is 2.71. The van der Waals surface area contributed by atoms with Crippen molar-refractivity contribution in [3.8, 4) is 11.5 Å². The summed E-state index contributed by atoms with van der Waals surface area (Å²) in [5, 5.41) is 21.9. The summed E-state index contributed by atoms with van der Waals surface area (Å²) in [4.78, 5) is 12.1. The molecular formula is C15H9NO3. The van der Waals surface area contributed by atoms with Crippen LogP contribution in [0.15, 0.2) is 47.3 Å². The van der Waals surface area contributed by atoms with Crippen molar-refractivity contribution in [3.05, 3.63) is 52.8 Å². The Morgan fingerprint density at radius 2 is 1.68 bits per heavy atom. The first-order chi connectivity index (χ1) is 9.16. The number of fused-ring (bicyclic) bond motifs is 3. The molecule has 4 aromatic rings. The zero-order chi connectivity index (χ0) is 13.1. The number of hydrogen-bond acceptors (Lipinski definition) is 3. The van der Waals surface area contributed by atoms with E-state index in [4.69, 9.17) is 0 Å². The van der Waals surface area contributed by atoms with E-state index in [1.807, 2.05) is 18.2 Å². The number of pyridine rings is 1. The lowest BCUT2D eigenvalue weighted by Crippen LogP contribution is -2.09. The zero-order valence-corrected chi connectivity index (χ0v) is 9.79. The maximum absolute atomic E-state index is 12.1. The van der Waals surface area contributed by atoms with Crippen molar-refractivity contribution < 1.29 is 10.2 Å². The number of aromatic hydroxyl groups is 2. The predicted octanol–water partition coefficient (Wildman–Crippen LogP) is 2.45. The van der Waals surface area contributed by atoms with Crippen LogP contribution >= 0.6 is 0 Å². The Hall–Kier alpha value is -2.75. The van der Waals surface area contributed by atoms with Crippen LogP contribution in [0.25, 0.3) is 27.2 Å². The van der Waals surface area contributed by atoms with E-state index in [9.17, 15) is 15.0 Å². The Morgan fingerprint density at radius 1 is 0.895 bits per heavy atom. The predicted molar refractivity (Wildman–Crippen MR) is 73.2 cm³/mol. The van der Waals surface area contributed by atoms with Crippen LogP contribution in [-0.2, 0) is 0 Å². The second-order valence-electron chi connectivity index (χ2n) is 4.61. The van der Waals surface area contributed by atoms with Gasteiger partial charge in [0.05, 0.1) is 11.0 Å². The van der Waals surface area contributed by atoms with E-state index in [2.05, 4.69) is 0 Å². The molecule has 0 saturated heterocycles. The highest BCUT2D eigenvalue weighted by atomic mass is 16.3. The summed E-state index contributed by atoms with van der Waals surface area (Å²) in [5.41, 5.74) is 1.27. The number of nitrogens with zero attached hydrogens (tertiary/aromatic N) is 1. The van der Waals surface area contributed by atoms with Gasteiger partial charge in [0.15, 0.2) is 11.5 Å². The lowest BCUT2D eigenvalue weighted by Gasteiger charge is -1.99. The lowest BCUT2D eigenvalue weighted by atomic mass is 10.1. The standard InChI is InChI=1S/C15H9NO3/c17-12-6-10-9-3-1-2-8-4-5-14(19)16(15(8)9)11(10)7-13(12)18/h1-7,17-18H. The van der Waals surface area contributed by atoms with E-state index in [0.717, 1.165) is 21.7 Å². The van der Waals surface area contributed by atoms with Gasteiger partial charge in [-0.3, -0.25) is 9.20 Å². The van der Waals surface area contributed by atoms with Crippen molar-refractivity contribution in [1.82, 2.24) is 4.40 Å². The molecule has 2 aromatic heterocycles. The van der Waals surface area contributed by atoms with Gasteiger partial charge in [0, 0.05) is 22.9 Å². The molecule has 0 fully saturated rings. The summed E-state index contributed by atoms with van der Waals surface area (Å²) in [5.74, 6) is -0.410. The van der Waals surface area contributed by atoms with Gasteiger partial charge in [-0.05, 0) is 17.5 Å². The van der Waals surface area contributed by atoms with Crippen molar-refractivity contribution in [2.45, 2.75) is 0 Å². The molecule has 0 aliphatic heterocycles. The summed E-state index contributed by atoms with van der Waals surface area (Å²) in [6.45, 7) is 0. The van der Waals surface area contributed by atoms with Gasteiger partial charge < -0.3 is 10.2 Å². The van der Waals surface area contributed by atoms with E-state index in [1.165, 1.54) is 18.2 Å². The van der Waals surface area contributed by atoms with Gasteiger partial charge in [-0.25, -0.2) is 0 Å². The fourth-order valence-corrected chi connectivity index (χ4v) is 2.71. The van der Waals surface area contributed by atoms with Crippen LogP contribution in [-0.4, -0.2) is 14.6 Å². The first-order valence-electron chi connectivity index (χ1n) is 5.88. The van der Waals surface area contributed by atoms with Gasteiger partial charge in [0.25, 0.3) is 5.56 Å². The van der Waals surface area contributed by atoms with Gasteiger partial charge in [-0.2, -0.15) is 0 Å². The normalized spacial score (nSPS) is 11.8. The van der Waals surface area contributed by atoms with Gasteiger partial charge in [0.2, 0.25) is 0 Å². The highest BCUT2D eigenvalue weighted by molar-refractivity contribution is 6.14. The third-order valence-corrected chi connectivity index (χ3v) is 3.54. The monoisotopic (exact) mass is 251 g/mol. The molecule has 2 aromatic carbocycles. The molecule has 19 heavy (non-hydrogen) atoms. The van der Waals surface area contributed by atoms with Crippen LogP contribution < -0.4 is 5.56 Å². The number of para-hydroxylation sites is 1. The minimum Gasteiger partial charge on any atom is -0.504 e. The van der Waals surface area contributed by atoms with E-state index < -0.39 is 0 Å². The maximum Gasteiger partial charge on any atom is 0.255 e. The SMILES string of the molecule is O=c1ccc2cccc3c4cc(O)c(O)cc4n1c23. The van der Waals surface area contributed by atoms with E-state index in [-0.39, 0.29) is 17.1 Å². The number of hydrogen-bond donors (Lipinski definition) is 2. The van der Waals surface area contributed by atoms with E-state index in [0.29, 0.717) is 5.52 Å². The Balaban J connectivity index is 2.48. The minimum atomic E-state index is -0.226. The quantitative estimate of drug-likeness (QED) is 0.472. The van der Waals surface area contributed by atoms with Crippen molar-refractivity contribution in [1.29, 1.82) is 0 Å². The Kier molecular flexibility index (Phi) is 1.70. The number of aromatic nitrogens is 1. The molecule has 0 amide bonds. The van der Waals surface area contributed by atoms with Gasteiger partial charge in [-0.15, -0.1) is 0 Å². The topological polar surface area (TPSA) is 61.9 Å². The molecule has 4 rings (SSSR count). The molecular weight excluding hydrogens is 242 g/mol. The molecule has 92 valence electrons. The van der Waals surface area contributed by atoms with Crippen molar-refractivity contribution in [2.24, 2.45) is 0 Å². The molecule has 0 bridgehead atoms. The molecule has 0 saturated carbocycles. The first-order valence-corrected chi connectivity index (χ1v) is 5.88.